The topological polar surface area (TPSA) is 35.8 Å². The highest BCUT2D eigenvalue weighted by Gasteiger charge is 2.05. The Labute approximate surface area is 114 Å². The van der Waals surface area contributed by atoms with Gasteiger partial charge in [-0.05, 0) is 36.1 Å². The van der Waals surface area contributed by atoms with E-state index in [1.54, 1.807) is 0 Å². The van der Waals surface area contributed by atoms with Crippen LogP contribution in [0.1, 0.15) is 29.2 Å². The van der Waals surface area contributed by atoms with Gasteiger partial charge >= 0.3 is 0 Å². The van der Waals surface area contributed by atoms with Crippen molar-refractivity contribution in [1.82, 2.24) is 0 Å². The van der Waals surface area contributed by atoms with Gasteiger partial charge in [0.05, 0.1) is 11.3 Å². The van der Waals surface area contributed by atoms with E-state index in [4.69, 9.17) is 0 Å². The summed E-state index contributed by atoms with van der Waals surface area (Å²) in [5.41, 5.74) is 5.29. The first-order valence-corrected chi connectivity index (χ1v) is 6.56. The Bertz CT molecular complexity index is 609. The SMILES string of the molecule is CCc1ccccc1CNc1cccc(C)c1C#N. The van der Waals surface area contributed by atoms with Crippen molar-refractivity contribution < 1.29 is 0 Å². The molecule has 96 valence electrons. The van der Waals surface area contributed by atoms with E-state index in [-0.39, 0.29) is 0 Å². The highest BCUT2D eigenvalue weighted by molar-refractivity contribution is 5.60. The molecule has 1 N–H and O–H groups in total. The van der Waals surface area contributed by atoms with Crippen LogP contribution >= 0.6 is 0 Å². The van der Waals surface area contributed by atoms with Crippen molar-refractivity contribution in [3.8, 4) is 6.07 Å². The van der Waals surface area contributed by atoms with E-state index in [9.17, 15) is 5.26 Å². The van der Waals surface area contributed by atoms with Crippen LogP contribution in [-0.4, -0.2) is 0 Å². The molecule has 0 amide bonds. The summed E-state index contributed by atoms with van der Waals surface area (Å²) < 4.78 is 0. The summed E-state index contributed by atoms with van der Waals surface area (Å²) in [5, 5.41) is 12.6. The number of rotatable bonds is 4. The van der Waals surface area contributed by atoms with Crippen molar-refractivity contribution in [2.24, 2.45) is 0 Å². The summed E-state index contributed by atoms with van der Waals surface area (Å²) >= 11 is 0. The van der Waals surface area contributed by atoms with Gasteiger partial charge in [0.1, 0.15) is 6.07 Å². The zero-order chi connectivity index (χ0) is 13.7. The third-order valence-electron chi connectivity index (χ3n) is 3.35. The molecule has 0 atom stereocenters. The van der Waals surface area contributed by atoms with Crippen molar-refractivity contribution in [1.29, 1.82) is 5.26 Å². The highest BCUT2D eigenvalue weighted by atomic mass is 14.9. The maximum atomic E-state index is 9.21. The fourth-order valence-electron chi connectivity index (χ4n) is 2.23. The lowest BCUT2D eigenvalue weighted by Crippen LogP contribution is -2.04. The summed E-state index contributed by atoms with van der Waals surface area (Å²) in [4.78, 5) is 0. The van der Waals surface area contributed by atoms with Gasteiger partial charge in [0.2, 0.25) is 0 Å². The molecule has 19 heavy (non-hydrogen) atoms. The summed E-state index contributed by atoms with van der Waals surface area (Å²) in [6.07, 6.45) is 1.02. The van der Waals surface area contributed by atoms with E-state index in [1.807, 2.05) is 25.1 Å². The Balaban J connectivity index is 2.20. The molecular formula is C17H18N2. The first kappa shape index (κ1) is 13.2. The molecule has 0 saturated carbocycles. The molecule has 0 aliphatic heterocycles. The number of nitriles is 1. The second kappa shape index (κ2) is 6.06. The van der Waals surface area contributed by atoms with Gasteiger partial charge in [-0.2, -0.15) is 5.26 Å². The van der Waals surface area contributed by atoms with Gasteiger partial charge < -0.3 is 5.32 Å². The van der Waals surface area contributed by atoms with Crippen LogP contribution in [0.3, 0.4) is 0 Å². The average molecular weight is 250 g/mol. The van der Waals surface area contributed by atoms with Gasteiger partial charge in [0, 0.05) is 6.54 Å². The minimum Gasteiger partial charge on any atom is -0.380 e. The fourth-order valence-corrected chi connectivity index (χ4v) is 2.23. The summed E-state index contributed by atoms with van der Waals surface area (Å²) in [6, 6.07) is 16.6. The maximum Gasteiger partial charge on any atom is 0.102 e. The predicted molar refractivity (Wildman–Crippen MR) is 79.0 cm³/mol. The minimum absolute atomic E-state index is 0.733. The number of nitrogens with zero attached hydrogens (tertiary/aromatic N) is 1. The Kier molecular flexibility index (Phi) is 4.20. The molecule has 0 saturated heterocycles. The van der Waals surface area contributed by atoms with Crippen LogP contribution in [0.4, 0.5) is 5.69 Å². The predicted octanol–water partition coefficient (Wildman–Crippen LogP) is 4.04. The Morgan fingerprint density at radius 3 is 2.47 bits per heavy atom. The highest BCUT2D eigenvalue weighted by Crippen LogP contribution is 2.20. The van der Waals surface area contributed by atoms with Crippen molar-refractivity contribution in [3.63, 3.8) is 0 Å². The van der Waals surface area contributed by atoms with E-state index in [1.165, 1.54) is 11.1 Å². The Hall–Kier alpha value is -2.27. The largest absolute Gasteiger partial charge is 0.380 e. The summed E-state index contributed by atoms with van der Waals surface area (Å²) in [7, 11) is 0. The minimum atomic E-state index is 0.733. The molecule has 0 aliphatic rings. The van der Waals surface area contributed by atoms with Crippen LogP contribution in [0.5, 0.6) is 0 Å². The molecule has 0 heterocycles. The molecule has 2 nitrogen and oxygen atoms in total. The quantitative estimate of drug-likeness (QED) is 0.888. The normalized spacial score (nSPS) is 9.95. The smallest absolute Gasteiger partial charge is 0.102 e. The fraction of sp³-hybridized carbons (Fsp3) is 0.235. The molecule has 0 aliphatic carbocycles. The molecule has 0 fully saturated rings. The Morgan fingerprint density at radius 1 is 1.05 bits per heavy atom. The van der Waals surface area contributed by atoms with E-state index in [2.05, 4.69) is 42.6 Å². The van der Waals surface area contributed by atoms with Crippen LogP contribution in [0, 0.1) is 18.3 Å². The number of hydrogen-bond donors (Lipinski definition) is 1. The van der Waals surface area contributed by atoms with Crippen molar-refractivity contribution in [3.05, 3.63) is 64.7 Å². The van der Waals surface area contributed by atoms with Crippen LogP contribution < -0.4 is 5.32 Å². The number of hydrogen-bond acceptors (Lipinski definition) is 2. The molecule has 0 spiro atoms. The molecule has 2 rings (SSSR count). The lowest BCUT2D eigenvalue weighted by molar-refractivity contribution is 1.04. The van der Waals surface area contributed by atoms with E-state index in [0.29, 0.717) is 0 Å². The molecule has 0 aromatic heterocycles. The van der Waals surface area contributed by atoms with Crippen LogP contribution in [-0.2, 0) is 13.0 Å². The van der Waals surface area contributed by atoms with E-state index >= 15 is 0 Å². The zero-order valence-corrected chi connectivity index (χ0v) is 11.4. The van der Waals surface area contributed by atoms with Crippen LogP contribution in [0.15, 0.2) is 42.5 Å². The molecule has 2 aromatic rings. The van der Waals surface area contributed by atoms with Crippen LogP contribution in [0.2, 0.25) is 0 Å². The monoisotopic (exact) mass is 250 g/mol. The molecule has 0 radical (unpaired) electrons. The molecule has 2 aromatic carbocycles. The number of aryl methyl sites for hydroxylation is 2. The average Bonchev–Trinajstić information content (AvgIpc) is 2.45. The van der Waals surface area contributed by atoms with Gasteiger partial charge in [-0.25, -0.2) is 0 Å². The van der Waals surface area contributed by atoms with Gasteiger partial charge in [-0.3, -0.25) is 0 Å². The molecule has 0 unspecified atom stereocenters. The first-order chi connectivity index (χ1) is 9.26. The number of benzene rings is 2. The maximum absolute atomic E-state index is 9.21. The van der Waals surface area contributed by atoms with Gasteiger partial charge in [0.15, 0.2) is 0 Å². The van der Waals surface area contributed by atoms with Crippen molar-refractivity contribution in [2.45, 2.75) is 26.8 Å². The molecule has 0 bridgehead atoms. The second-order valence-electron chi connectivity index (χ2n) is 4.59. The van der Waals surface area contributed by atoms with Crippen molar-refractivity contribution >= 4 is 5.69 Å². The molecule has 2 heteroatoms. The number of nitrogens with one attached hydrogen (secondary N) is 1. The Morgan fingerprint density at radius 2 is 1.79 bits per heavy atom. The third kappa shape index (κ3) is 2.95. The third-order valence-corrected chi connectivity index (χ3v) is 3.35. The van der Waals surface area contributed by atoms with E-state index < -0.39 is 0 Å². The summed E-state index contributed by atoms with van der Waals surface area (Å²) in [5.74, 6) is 0. The molecular weight excluding hydrogens is 232 g/mol. The summed E-state index contributed by atoms with van der Waals surface area (Å²) in [6.45, 7) is 4.87. The first-order valence-electron chi connectivity index (χ1n) is 6.56. The number of anilines is 1. The van der Waals surface area contributed by atoms with Gasteiger partial charge in [0.25, 0.3) is 0 Å². The standard InChI is InChI=1S/C17H18N2/c1-3-14-8-4-5-9-15(14)12-19-17-10-6-7-13(2)16(17)11-18/h4-10,19H,3,12H2,1-2H3. The second-order valence-corrected chi connectivity index (χ2v) is 4.59. The lowest BCUT2D eigenvalue weighted by atomic mass is 10.0. The van der Waals surface area contributed by atoms with Crippen molar-refractivity contribution in [2.75, 3.05) is 5.32 Å². The zero-order valence-electron chi connectivity index (χ0n) is 11.4. The van der Waals surface area contributed by atoms with E-state index in [0.717, 1.165) is 29.8 Å². The lowest BCUT2D eigenvalue weighted by Gasteiger charge is -2.12. The van der Waals surface area contributed by atoms with Gasteiger partial charge in [-0.15, -0.1) is 0 Å². The van der Waals surface area contributed by atoms with Gasteiger partial charge in [-0.1, -0.05) is 43.3 Å². The van der Waals surface area contributed by atoms with Crippen LogP contribution in [0.25, 0.3) is 0 Å².